The summed E-state index contributed by atoms with van der Waals surface area (Å²) in [7, 11) is 0. The van der Waals surface area contributed by atoms with Crippen molar-refractivity contribution in [1.29, 1.82) is 0 Å². The third kappa shape index (κ3) is 1.31. The summed E-state index contributed by atoms with van der Waals surface area (Å²) in [6.45, 7) is 1.66. The van der Waals surface area contributed by atoms with Gasteiger partial charge in [0.15, 0.2) is 6.20 Å². The second-order valence-corrected chi connectivity index (χ2v) is 3.24. The molecule has 0 fully saturated rings. The van der Waals surface area contributed by atoms with E-state index in [1.165, 1.54) is 0 Å². The third-order valence-corrected chi connectivity index (χ3v) is 2.13. The molecule has 0 radical (unpaired) electrons. The molecular weight excluding hydrogens is 188 g/mol. The van der Waals surface area contributed by atoms with Crippen molar-refractivity contribution in [3.8, 4) is 0 Å². The van der Waals surface area contributed by atoms with Crippen molar-refractivity contribution >= 4 is 22.5 Å². The molecular formula is C9H7ClN2O. The first kappa shape index (κ1) is 8.26. The first-order valence-corrected chi connectivity index (χ1v) is 4.21. The van der Waals surface area contributed by atoms with Gasteiger partial charge in [-0.25, -0.2) is 4.73 Å². The molecule has 0 amide bonds. The van der Waals surface area contributed by atoms with E-state index in [4.69, 9.17) is 11.6 Å². The summed E-state index contributed by atoms with van der Waals surface area (Å²) in [5, 5.41) is 12.8. The lowest BCUT2D eigenvalue weighted by molar-refractivity contribution is -0.587. The normalized spacial score (nSPS) is 10.6. The molecule has 0 aliphatic rings. The number of fused-ring (bicyclic) bond motifs is 1. The van der Waals surface area contributed by atoms with Gasteiger partial charge in [-0.2, -0.15) is 0 Å². The topological polar surface area (TPSA) is 39.8 Å². The predicted octanol–water partition coefficient (Wildman–Crippen LogP) is 1.83. The number of rotatable bonds is 0. The van der Waals surface area contributed by atoms with E-state index >= 15 is 0 Å². The molecule has 2 aromatic rings. The van der Waals surface area contributed by atoms with Crippen LogP contribution in [-0.2, 0) is 0 Å². The Morgan fingerprint density at radius 3 is 3.00 bits per heavy atom. The largest absolute Gasteiger partial charge is 0.710 e. The van der Waals surface area contributed by atoms with Crippen LogP contribution in [0.5, 0.6) is 0 Å². The Bertz CT molecular complexity index is 465. The van der Waals surface area contributed by atoms with Crippen LogP contribution in [-0.4, -0.2) is 4.98 Å². The van der Waals surface area contributed by atoms with Gasteiger partial charge in [-0.15, -0.1) is 0 Å². The zero-order valence-corrected chi connectivity index (χ0v) is 7.75. The highest BCUT2D eigenvalue weighted by Gasteiger charge is 2.06. The Balaban J connectivity index is 2.89. The van der Waals surface area contributed by atoms with E-state index in [-0.39, 0.29) is 0 Å². The molecule has 3 nitrogen and oxygen atoms in total. The number of hydrogen-bond donors (Lipinski definition) is 0. The van der Waals surface area contributed by atoms with Gasteiger partial charge in [-0.05, 0) is 12.1 Å². The number of benzene rings is 1. The number of aryl methyl sites for hydroxylation is 1. The molecule has 1 aromatic carbocycles. The fourth-order valence-corrected chi connectivity index (χ4v) is 1.36. The Labute approximate surface area is 80.2 Å². The molecule has 4 heteroatoms. The summed E-state index contributed by atoms with van der Waals surface area (Å²) in [4.78, 5) is 3.94. The average molecular weight is 195 g/mol. The molecule has 0 spiro atoms. The molecule has 2 rings (SSSR count). The molecule has 1 heterocycles. The maximum atomic E-state index is 11.5. The lowest BCUT2D eigenvalue weighted by Gasteiger charge is -2.06. The maximum absolute atomic E-state index is 11.5. The van der Waals surface area contributed by atoms with E-state index in [2.05, 4.69) is 4.98 Å². The highest BCUT2D eigenvalue weighted by Crippen LogP contribution is 2.15. The SMILES string of the molecule is Cc1ncc2ccc(Cl)cc2[n+]1[O-]. The Hall–Kier alpha value is -1.35. The minimum absolute atomic E-state index is 0.426. The van der Waals surface area contributed by atoms with Crippen LogP contribution in [0.25, 0.3) is 10.9 Å². The van der Waals surface area contributed by atoms with Crippen molar-refractivity contribution < 1.29 is 4.73 Å². The highest BCUT2D eigenvalue weighted by molar-refractivity contribution is 6.31. The molecule has 0 aliphatic carbocycles. The van der Waals surface area contributed by atoms with Gasteiger partial charge < -0.3 is 5.21 Å². The molecule has 0 saturated carbocycles. The van der Waals surface area contributed by atoms with Gasteiger partial charge in [0.1, 0.15) is 5.52 Å². The number of hydrogen-bond acceptors (Lipinski definition) is 2. The molecule has 0 atom stereocenters. The van der Waals surface area contributed by atoms with E-state index < -0.39 is 0 Å². The van der Waals surface area contributed by atoms with Crippen molar-refractivity contribution in [2.24, 2.45) is 0 Å². The van der Waals surface area contributed by atoms with Crippen molar-refractivity contribution in [2.45, 2.75) is 6.92 Å². The molecule has 1 aromatic heterocycles. The van der Waals surface area contributed by atoms with E-state index in [1.54, 1.807) is 31.3 Å². The smallest absolute Gasteiger partial charge is 0.298 e. The number of nitrogens with zero attached hydrogens (tertiary/aromatic N) is 2. The Morgan fingerprint density at radius 1 is 1.46 bits per heavy atom. The lowest BCUT2D eigenvalue weighted by atomic mass is 10.2. The van der Waals surface area contributed by atoms with Crippen molar-refractivity contribution in [2.75, 3.05) is 0 Å². The zero-order chi connectivity index (χ0) is 9.42. The van der Waals surface area contributed by atoms with Crippen molar-refractivity contribution in [3.05, 3.63) is 40.5 Å². The van der Waals surface area contributed by atoms with Crippen LogP contribution in [0.1, 0.15) is 5.82 Å². The molecule has 0 saturated heterocycles. The van der Waals surface area contributed by atoms with E-state index in [0.29, 0.717) is 16.4 Å². The van der Waals surface area contributed by atoms with Crippen LogP contribution in [0.15, 0.2) is 24.4 Å². The predicted molar refractivity (Wildman–Crippen MR) is 50.5 cm³/mol. The van der Waals surface area contributed by atoms with Crippen molar-refractivity contribution in [1.82, 2.24) is 4.98 Å². The summed E-state index contributed by atoms with van der Waals surface area (Å²) in [5.74, 6) is 0.426. The maximum Gasteiger partial charge on any atom is 0.298 e. The van der Waals surface area contributed by atoms with Gasteiger partial charge in [0.2, 0.25) is 0 Å². The second kappa shape index (κ2) is 2.85. The fraction of sp³-hybridized carbons (Fsp3) is 0.111. The van der Waals surface area contributed by atoms with Gasteiger partial charge in [0.05, 0.1) is 5.39 Å². The van der Waals surface area contributed by atoms with Crippen LogP contribution >= 0.6 is 11.6 Å². The minimum Gasteiger partial charge on any atom is -0.710 e. The standard InChI is InChI=1S/C9H7ClN2O/c1-6-11-5-7-2-3-8(10)4-9(7)12(6)13/h2-5H,1H3. The van der Waals surface area contributed by atoms with Gasteiger partial charge in [-0.1, -0.05) is 16.6 Å². The molecule has 0 unspecified atom stereocenters. The van der Waals surface area contributed by atoms with Gasteiger partial charge in [-0.3, -0.25) is 0 Å². The summed E-state index contributed by atoms with van der Waals surface area (Å²) in [6.07, 6.45) is 1.66. The summed E-state index contributed by atoms with van der Waals surface area (Å²) in [6, 6.07) is 5.15. The molecule has 0 aliphatic heterocycles. The van der Waals surface area contributed by atoms with Gasteiger partial charge in [0, 0.05) is 18.0 Å². The molecule has 13 heavy (non-hydrogen) atoms. The minimum atomic E-state index is 0.426. The van der Waals surface area contributed by atoms with Crippen LogP contribution in [0.3, 0.4) is 0 Å². The highest BCUT2D eigenvalue weighted by atomic mass is 35.5. The zero-order valence-electron chi connectivity index (χ0n) is 6.99. The summed E-state index contributed by atoms with van der Waals surface area (Å²) < 4.78 is 0.779. The monoisotopic (exact) mass is 194 g/mol. The lowest BCUT2D eigenvalue weighted by Crippen LogP contribution is -2.31. The second-order valence-electron chi connectivity index (χ2n) is 2.80. The quantitative estimate of drug-likeness (QED) is 0.474. The van der Waals surface area contributed by atoms with E-state index in [9.17, 15) is 5.21 Å². The van der Waals surface area contributed by atoms with Gasteiger partial charge in [0.25, 0.3) is 5.82 Å². The van der Waals surface area contributed by atoms with E-state index in [1.807, 2.05) is 0 Å². The van der Waals surface area contributed by atoms with Crippen LogP contribution in [0.2, 0.25) is 5.02 Å². The van der Waals surface area contributed by atoms with E-state index in [0.717, 1.165) is 10.1 Å². The van der Waals surface area contributed by atoms with Crippen LogP contribution < -0.4 is 4.73 Å². The van der Waals surface area contributed by atoms with Crippen molar-refractivity contribution in [3.63, 3.8) is 0 Å². The average Bonchev–Trinajstić information content (AvgIpc) is 2.12. The van der Waals surface area contributed by atoms with Crippen LogP contribution in [0, 0.1) is 12.1 Å². The molecule has 0 bridgehead atoms. The molecule has 66 valence electrons. The number of aromatic nitrogens is 2. The first-order chi connectivity index (χ1) is 6.18. The van der Waals surface area contributed by atoms with Gasteiger partial charge >= 0.3 is 0 Å². The number of halogens is 1. The first-order valence-electron chi connectivity index (χ1n) is 3.83. The fourth-order valence-electron chi connectivity index (χ4n) is 1.19. The molecule has 0 N–H and O–H groups in total. The summed E-state index contributed by atoms with van der Waals surface area (Å²) >= 11 is 5.77. The Kier molecular flexibility index (Phi) is 1.81. The Morgan fingerprint density at radius 2 is 2.23 bits per heavy atom. The summed E-state index contributed by atoms with van der Waals surface area (Å²) in [5.41, 5.74) is 0.556. The third-order valence-electron chi connectivity index (χ3n) is 1.90. The van der Waals surface area contributed by atoms with Crippen LogP contribution in [0.4, 0.5) is 0 Å².